The van der Waals surface area contributed by atoms with Gasteiger partial charge in [-0.05, 0) is 61.7 Å². The summed E-state index contributed by atoms with van der Waals surface area (Å²) in [5.41, 5.74) is 3.30. The molecule has 0 saturated carbocycles. The summed E-state index contributed by atoms with van der Waals surface area (Å²) in [5.74, 6) is 0.630. The summed E-state index contributed by atoms with van der Waals surface area (Å²) in [4.78, 5) is 17.0. The van der Waals surface area contributed by atoms with Crippen LogP contribution in [0.4, 0.5) is 0 Å². The molecule has 1 fully saturated rings. The number of hydrogen-bond acceptors (Lipinski definition) is 5. The molecular weight excluding hydrogens is 390 g/mol. The van der Waals surface area contributed by atoms with Crippen LogP contribution in [0.25, 0.3) is 0 Å². The number of fused-ring (bicyclic) bond motifs is 1. The van der Waals surface area contributed by atoms with E-state index in [1.807, 2.05) is 12.1 Å². The van der Waals surface area contributed by atoms with E-state index in [-0.39, 0.29) is 18.6 Å². The van der Waals surface area contributed by atoms with Crippen molar-refractivity contribution in [3.8, 4) is 5.75 Å². The molecule has 31 heavy (non-hydrogen) atoms. The highest BCUT2D eigenvalue weighted by Crippen LogP contribution is 2.20. The largest absolute Gasteiger partial charge is 0.490 e. The first-order chi connectivity index (χ1) is 15.1. The Bertz CT molecular complexity index is 863. The second-order valence-corrected chi connectivity index (χ2v) is 8.76. The predicted molar refractivity (Wildman–Crippen MR) is 121 cm³/mol. The number of likely N-dealkylation sites (tertiary alicyclic amines) is 1. The fourth-order valence-corrected chi connectivity index (χ4v) is 4.37. The summed E-state index contributed by atoms with van der Waals surface area (Å²) in [7, 11) is 2.13. The number of piperidine rings is 1. The van der Waals surface area contributed by atoms with Gasteiger partial charge in [0.15, 0.2) is 0 Å². The Kier molecular flexibility index (Phi) is 7.22. The highest BCUT2D eigenvalue weighted by atomic mass is 16.5. The summed E-state index contributed by atoms with van der Waals surface area (Å²) in [6.07, 6.45) is 2.70. The molecule has 1 unspecified atom stereocenters. The maximum absolute atomic E-state index is 12.5. The van der Waals surface area contributed by atoms with E-state index in [0.29, 0.717) is 12.1 Å². The molecule has 2 aromatic carbocycles. The third-order valence-electron chi connectivity index (χ3n) is 6.26. The van der Waals surface area contributed by atoms with Gasteiger partial charge in [-0.1, -0.05) is 24.3 Å². The summed E-state index contributed by atoms with van der Waals surface area (Å²) >= 11 is 0. The van der Waals surface area contributed by atoms with Gasteiger partial charge in [-0.3, -0.25) is 9.69 Å². The molecule has 6 heteroatoms. The lowest BCUT2D eigenvalue weighted by atomic mass is 10.00. The molecule has 0 spiro atoms. The summed E-state index contributed by atoms with van der Waals surface area (Å²) in [6.45, 7) is 4.68. The molecule has 1 saturated heterocycles. The van der Waals surface area contributed by atoms with Gasteiger partial charge in [0.25, 0.3) is 5.91 Å². The number of benzene rings is 2. The second kappa shape index (κ2) is 10.3. The van der Waals surface area contributed by atoms with E-state index in [2.05, 4.69) is 46.4 Å². The molecular formula is C25H33N3O3. The quantitative estimate of drug-likeness (QED) is 0.716. The molecule has 1 amide bonds. The lowest BCUT2D eigenvalue weighted by Crippen LogP contribution is -2.42. The molecule has 4 rings (SSSR count). The van der Waals surface area contributed by atoms with E-state index in [9.17, 15) is 9.90 Å². The van der Waals surface area contributed by atoms with Gasteiger partial charge in [-0.15, -0.1) is 0 Å². The van der Waals surface area contributed by atoms with Crippen molar-refractivity contribution in [2.24, 2.45) is 0 Å². The SMILES string of the molecule is CN1CCC(Oc2ccc(C(=O)NCC(O)CN3CCc4ccccc4C3)cc2)CC1. The number of rotatable bonds is 7. The smallest absolute Gasteiger partial charge is 0.251 e. The Balaban J connectivity index is 1.20. The van der Waals surface area contributed by atoms with Crippen LogP contribution in [0.2, 0.25) is 0 Å². The van der Waals surface area contributed by atoms with E-state index in [4.69, 9.17) is 4.74 Å². The van der Waals surface area contributed by atoms with Gasteiger partial charge >= 0.3 is 0 Å². The minimum Gasteiger partial charge on any atom is -0.490 e. The van der Waals surface area contributed by atoms with Crippen molar-refractivity contribution >= 4 is 5.91 Å². The van der Waals surface area contributed by atoms with E-state index < -0.39 is 6.10 Å². The van der Waals surface area contributed by atoms with Crippen molar-refractivity contribution in [2.75, 3.05) is 39.8 Å². The zero-order valence-corrected chi connectivity index (χ0v) is 18.3. The summed E-state index contributed by atoms with van der Waals surface area (Å²) in [5, 5.41) is 13.3. The van der Waals surface area contributed by atoms with Crippen molar-refractivity contribution < 1.29 is 14.6 Å². The number of carbonyl (C=O) groups excluding carboxylic acids is 1. The zero-order valence-electron chi connectivity index (χ0n) is 18.3. The molecule has 166 valence electrons. The van der Waals surface area contributed by atoms with Gasteiger partial charge in [-0.25, -0.2) is 0 Å². The molecule has 2 heterocycles. The highest BCUT2D eigenvalue weighted by Gasteiger charge is 2.20. The second-order valence-electron chi connectivity index (χ2n) is 8.76. The van der Waals surface area contributed by atoms with Crippen LogP contribution in [0.1, 0.15) is 34.3 Å². The number of amides is 1. The Morgan fingerprint density at radius 3 is 2.55 bits per heavy atom. The van der Waals surface area contributed by atoms with Crippen LogP contribution in [-0.4, -0.2) is 72.8 Å². The van der Waals surface area contributed by atoms with E-state index in [0.717, 1.165) is 51.2 Å². The number of ether oxygens (including phenoxy) is 1. The Labute approximate surface area is 184 Å². The van der Waals surface area contributed by atoms with Gasteiger partial charge in [0.2, 0.25) is 0 Å². The van der Waals surface area contributed by atoms with Gasteiger partial charge in [0.1, 0.15) is 11.9 Å². The van der Waals surface area contributed by atoms with Crippen molar-refractivity contribution in [1.29, 1.82) is 0 Å². The standard InChI is InChI=1S/C25H33N3O3/c1-27-13-11-24(12-14-27)31-23-8-6-20(7-9-23)25(30)26-16-22(29)18-28-15-10-19-4-2-3-5-21(19)17-28/h2-9,22,24,29H,10-18H2,1H3,(H,26,30). The average Bonchev–Trinajstić information content (AvgIpc) is 2.79. The molecule has 2 aromatic rings. The molecule has 0 aromatic heterocycles. The Morgan fingerprint density at radius 2 is 1.81 bits per heavy atom. The number of carbonyl (C=O) groups is 1. The highest BCUT2D eigenvalue weighted by molar-refractivity contribution is 5.94. The van der Waals surface area contributed by atoms with Crippen LogP contribution >= 0.6 is 0 Å². The molecule has 6 nitrogen and oxygen atoms in total. The lowest BCUT2D eigenvalue weighted by Gasteiger charge is -2.30. The minimum atomic E-state index is -0.596. The van der Waals surface area contributed by atoms with Crippen LogP contribution in [0.3, 0.4) is 0 Å². The van der Waals surface area contributed by atoms with Crippen LogP contribution in [0.15, 0.2) is 48.5 Å². The number of hydrogen-bond donors (Lipinski definition) is 2. The molecule has 2 N–H and O–H groups in total. The predicted octanol–water partition coefficient (Wildman–Crippen LogP) is 2.31. The van der Waals surface area contributed by atoms with Crippen LogP contribution in [-0.2, 0) is 13.0 Å². The van der Waals surface area contributed by atoms with Crippen molar-refractivity contribution in [2.45, 2.75) is 38.0 Å². The van der Waals surface area contributed by atoms with Gasteiger partial charge < -0.3 is 20.1 Å². The van der Waals surface area contributed by atoms with Crippen LogP contribution in [0.5, 0.6) is 5.75 Å². The third-order valence-corrected chi connectivity index (χ3v) is 6.26. The first-order valence-electron chi connectivity index (χ1n) is 11.3. The molecule has 2 aliphatic rings. The van der Waals surface area contributed by atoms with Gasteiger partial charge in [0.05, 0.1) is 6.10 Å². The molecule has 0 radical (unpaired) electrons. The summed E-state index contributed by atoms with van der Waals surface area (Å²) in [6, 6.07) is 15.7. The topological polar surface area (TPSA) is 65.0 Å². The fourth-order valence-electron chi connectivity index (χ4n) is 4.37. The Hall–Kier alpha value is -2.41. The van der Waals surface area contributed by atoms with Crippen molar-refractivity contribution in [3.05, 3.63) is 65.2 Å². The molecule has 0 bridgehead atoms. The number of aliphatic hydroxyl groups excluding tert-OH is 1. The molecule has 0 aliphatic carbocycles. The fraction of sp³-hybridized carbons (Fsp3) is 0.480. The van der Waals surface area contributed by atoms with Crippen LogP contribution < -0.4 is 10.1 Å². The zero-order chi connectivity index (χ0) is 21.6. The average molecular weight is 424 g/mol. The summed E-state index contributed by atoms with van der Waals surface area (Å²) < 4.78 is 6.04. The number of nitrogens with zero attached hydrogens (tertiary/aromatic N) is 2. The Morgan fingerprint density at radius 1 is 1.10 bits per heavy atom. The minimum absolute atomic E-state index is 0.172. The first-order valence-corrected chi connectivity index (χ1v) is 11.3. The monoisotopic (exact) mass is 423 g/mol. The normalized spacial score (nSPS) is 18.9. The van der Waals surface area contributed by atoms with Gasteiger partial charge in [0, 0.05) is 44.8 Å². The van der Waals surface area contributed by atoms with Crippen LogP contribution in [0, 0.1) is 0 Å². The van der Waals surface area contributed by atoms with E-state index in [1.165, 1.54) is 11.1 Å². The van der Waals surface area contributed by atoms with E-state index in [1.54, 1.807) is 12.1 Å². The van der Waals surface area contributed by atoms with Crippen molar-refractivity contribution in [3.63, 3.8) is 0 Å². The van der Waals surface area contributed by atoms with Crippen molar-refractivity contribution in [1.82, 2.24) is 15.1 Å². The molecule has 1 atom stereocenters. The number of nitrogens with one attached hydrogen (secondary N) is 1. The van der Waals surface area contributed by atoms with Gasteiger partial charge in [-0.2, -0.15) is 0 Å². The molecule has 2 aliphatic heterocycles. The maximum atomic E-state index is 12.5. The maximum Gasteiger partial charge on any atom is 0.251 e. The lowest BCUT2D eigenvalue weighted by molar-refractivity contribution is 0.0841. The van der Waals surface area contributed by atoms with E-state index >= 15 is 0 Å². The number of aliphatic hydroxyl groups is 1. The number of β-amino-alcohol motifs (C(OH)–C–C–N with tert-alkyl or cyclic N) is 1. The third kappa shape index (κ3) is 6.06. The first kappa shape index (κ1) is 21.8.